The van der Waals surface area contributed by atoms with Crippen LogP contribution in [-0.4, -0.2) is 134 Å². The number of aromatic nitrogens is 1. The van der Waals surface area contributed by atoms with E-state index in [4.69, 9.17) is 28.8 Å². The van der Waals surface area contributed by atoms with Gasteiger partial charge >= 0.3 is 11.8 Å². The molecule has 1 aromatic heterocycles. The highest BCUT2D eigenvalue weighted by Crippen LogP contribution is 2.55. The van der Waals surface area contributed by atoms with Gasteiger partial charge < -0.3 is 69.1 Å². The third kappa shape index (κ3) is 9.87. The number of esters is 1. The lowest BCUT2D eigenvalue weighted by atomic mass is 9.78. The molecule has 0 aliphatic carbocycles. The molecule has 11 atom stereocenters. The molecule has 1 amide bonds. The van der Waals surface area contributed by atoms with Gasteiger partial charge in [0, 0.05) is 80.4 Å². The number of aliphatic hydroxyl groups excluding tert-OH is 3. The summed E-state index contributed by atoms with van der Waals surface area (Å²) in [5.74, 6) is -10.3. The van der Waals surface area contributed by atoms with Crippen molar-refractivity contribution in [3.05, 3.63) is 93.3 Å². The van der Waals surface area contributed by atoms with Crippen LogP contribution >= 0.6 is 0 Å². The number of allylic oxidation sites excluding steroid dienone is 2. The lowest BCUT2D eigenvalue weighted by molar-refractivity contribution is -0.160. The first-order valence-corrected chi connectivity index (χ1v) is 25.8. The number of hydrogen-bond donors (Lipinski definition) is 7. The quantitative estimate of drug-likeness (QED) is 0.0330. The average Bonchev–Trinajstić information content (AvgIpc) is 3.73. The number of aliphatic hydroxyl groups is 3. The molecule has 9 rings (SSSR count). The Morgan fingerprint density at radius 2 is 1.65 bits per heavy atom. The molecule has 2 unspecified atom stereocenters. The Morgan fingerprint density at radius 1 is 0.949 bits per heavy atom. The maximum absolute atomic E-state index is 16.3. The van der Waals surface area contributed by atoms with Crippen molar-refractivity contribution < 1.29 is 73.1 Å². The number of benzene rings is 3. The number of ether oxygens (including phenoxy) is 5. The molecule has 7 N–H and O–H groups in total. The van der Waals surface area contributed by atoms with Gasteiger partial charge in [-0.25, -0.2) is 4.39 Å². The molecule has 5 bridgehead atoms. The predicted molar refractivity (Wildman–Crippen MR) is 290 cm³/mol. The van der Waals surface area contributed by atoms with E-state index in [0.29, 0.717) is 5.52 Å². The Labute approximate surface area is 449 Å². The number of amides is 1. The fourth-order valence-corrected chi connectivity index (χ4v) is 11.0. The summed E-state index contributed by atoms with van der Waals surface area (Å²) in [4.78, 5) is 56.5. The minimum atomic E-state index is -2.14. The molecule has 1 fully saturated rings. The van der Waals surface area contributed by atoms with E-state index in [9.17, 15) is 49.8 Å². The Hall–Kier alpha value is -7.62. The summed E-state index contributed by atoms with van der Waals surface area (Å²) in [5, 5.41) is 78.2. The predicted octanol–water partition coefficient (Wildman–Crippen LogP) is 7.23. The number of Topliss-reactive ketones (excluding diaryl/α,β-unsaturated/α-hetero) is 1. The number of fused-ring (bicyclic) bond motifs is 14. The number of methoxy groups -OCH3 is 1. The van der Waals surface area contributed by atoms with Gasteiger partial charge in [0.25, 0.3) is 11.7 Å². The van der Waals surface area contributed by atoms with Crippen LogP contribution in [0.4, 0.5) is 15.8 Å². The van der Waals surface area contributed by atoms with Gasteiger partial charge in [-0.15, -0.1) is 0 Å². The smallest absolute Gasteiger partial charge is 0.312 e. The van der Waals surface area contributed by atoms with Crippen molar-refractivity contribution in [3.63, 3.8) is 0 Å². The van der Waals surface area contributed by atoms with E-state index in [1.165, 1.54) is 59.4 Å². The molecule has 0 radical (unpaired) electrons. The average molecular weight is 1080 g/mol. The van der Waals surface area contributed by atoms with E-state index in [0.717, 1.165) is 12.3 Å². The van der Waals surface area contributed by atoms with E-state index in [1.807, 2.05) is 13.8 Å². The zero-order valence-electron chi connectivity index (χ0n) is 45.5. The van der Waals surface area contributed by atoms with Gasteiger partial charge in [-0.05, 0) is 39.8 Å². The second-order valence-electron chi connectivity index (χ2n) is 21.1. The monoisotopic (exact) mass is 1080 g/mol. The van der Waals surface area contributed by atoms with Gasteiger partial charge in [0.05, 0.1) is 88.1 Å². The molecule has 4 aromatic rings. The summed E-state index contributed by atoms with van der Waals surface area (Å²) >= 11 is 0. The van der Waals surface area contributed by atoms with Crippen LogP contribution < -0.4 is 25.1 Å². The summed E-state index contributed by atoms with van der Waals surface area (Å²) in [7, 11) is 1.41. The van der Waals surface area contributed by atoms with Crippen LogP contribution in [0.15, 0.2) is 64.9 Å². The number of rotatable bonds is 6. The maximum Gasteiger partial charge on any atom is 0.312 e. The maximum atomic E-state index is 16.3. The zero-order valence-corrected chi connectivity index (χ0v) is 45.5. The fourth-order valence-electron chi connectivity index (χ4n) is 11.0. The first-order chi connectivity index (χ1) is 36.7. The molecule has 0 spiro atoms. The lowest BCUT2D eigenvalue weighted by Crippen LogP contribution is -2.50. The molecular formula is C57H68FN5O15. The van der Waals surface area contributed by atoms with E-state index in [1.54, 1.807) is 54.3 Å². The molecule has 1 saturated heterocycles. The number of anilines is 2. The molecule has 418 valence electrons. The van der Waals surface area contributed by atoms with Gasteiger partial charge in [0.15, 0.2) is 17.3 Å². The number of halogens is 1. The van der Waals surface area contributed by atoms with Crippen molar-refractivity contribution in [1.29, 1.82) is 0 Å². The molecule has 21 heteroatoms. The number of carbonyl (C=O) groups excluding carboxylic acids is 3. The van der Waals surface area contributed by atoms with Gasteiger partial charge in [-0.1, -0.05) is 52.5 Å². The number of pyridine rings is 1. The van der Waals surface area contributed by atoms with Crippen molar-refractivity contribution in [2.75, 3.05) is 43.6 Å². The number of hydrazone groups is 1. The number of piperazine rings is 1. The second kappa shape index (κ2) is 21.7. The van der Waals surface area contributed by atoms with Gasteiger partial charge in [-0.2, -0.15) is 5.10 Å². The number of carbonyl (C=O) groups is 3. The van der Waals surface area contributed by atoms with Crippen LogP contribution in [0.5, 0.6) is 28.7 Å². The van der Waals surface area contributed by atoms with Gasteiger partial charge in [0.2, 0.25) is 5.43 Å². The standard InChI is InChI=1S/C57H68FN5O15/c1-25-14-13-15-26(2)56(73)60-43-36(21-59-63-18-17-61(22-27(63)3)45-38(58)20-35-44-54(45)75-24-28(4)62(44)23-37(33(9)64)49(35)69)50(70)40-41(51(43)71)48(68)32(8)53-42(40)55(72)57(11,78-53)76-19-16-39(74-12)29(5)52(77-34(10)65)31(7)47(67)30(6)46(25)66/h13-16,19-21,23,25,27-31,39,46-47,52,64,66-68,70-71H,9,17-18,22,24H2,1-8,10-12H3,(H,60,73)/b14-13+,19-16+,26-15-,59-21-/t25-,27?,28?,29+,30+,31+,39-,46-,47+,52+,57-/m0/s1. The minimum Gasteiger partial charge on any atom is -0.508 e. The number of phenols is 3. The second-order valence-corrected chi connectivity index (χ2v) is 21.1. The SMILES string of the molecule is C=C(O)c1cn2c3c(c(N4CCN(/N=C\c5c6c(O)c7c(O)c(C)c8c(c7c5O)C(=O)[C@@](C)(O/C=C/[C@H](OC)[C@@H](C)[C@@H](OC(C)=O)[C@H](C)[C@H](O)[C@H](C)[C@@H](O)[C@@H](C)/C=C/C=C(/C)C(=O)N6)O8)C(C)C4)c(F)cc3c1=O)OCC2C. The molecule has 0 saturated carbocycles. The van der Waals surface area contributed by atoms with Crippen molar-refractivity contribution in [1.82, 2.24) is 9.58 Å². The van der Waals surface area contributed by atoms with E-state index in [-0.39, 0.29) is 93.8 Å². The van der Waals surface area contributed by atoms with Crippen molar-refractivity contribution in [2.24, 2.45) is 28.8 Å². The number of ketones is 1. The third-order valence-electron chi connectivity index (χ3n) is 15.7. The summed E-state index contributed by atoms with van der Waals surface area (Å²) in [6.45, 7) is 20.1. The molecule has 20 nitrogen and oxygen atoms in total. The molecular weight excluding hydrogens is 1010 g/mol. The van der Waals surface area contributed by atoms with Crippen LogP contribution in [0.2, 0.25) is 0 Å². The van der Waals surface area contributed by atoms with E-state index in [2.05, 4.69) is 11.9 Å². The summed E-state index contributed by atoms with van der Waals surface area (Å²) in [6.07, 6.45) is 5.84. The highest BCUT2D eigenvalue weighted by molar-refractivity contribution is 6.24. The highest BCUT2D eigenvalue weighted by Gasteiger charge is 2.50. The number of nitrogens with zero attached hydrogens (tertiary/aromatic N) is 4. The number of hydrogen-bond acceptors (Lipinski definition) is 18. The normalized spacial score (nSPS) is 29.4. The number of phenolic OH excluding ortho intramolecular Hbond substituents is 3. The number of aromatic hydroxyl groups is 3. The fraction of sp³-hybridized carbons (Fsp3) is 0.456. The van der Waals surface area contributed by atoms with Crippen LogP contribution in [0.3, 0.4) is 0 Å². The first-order valence-electron chi connectivity index (χ1n) is 25.8. The van der Waals surface area contributed by atoms with Crippen molar-refractivity contribution >= 4 is 62.7 Å². The Morgan fingerprint density at radius 3 is 2.31 bits per heavy atom. The van der Waals surface area contributed by atoms with Crippen LogP contribution in [-0.2, 0) is 23.8 Å². The molecule has 6 heterocycles. The summed E-state index contributed by atoms with van der Waals surface area (Å²) < 4.78 is 48.0. The lowest BCUT2D eigenvalue weighted by Gasteiger charge is -2.40. The van der Waals surface area contributed by atoms with Crippen molar-refractivity contribution in [2.45, 2.75) is 112 Å². The zero-order chi connectivity index (χ0) is 57.1. The topological polar surface area (TPSA) is 272 Å². The van der Waals surface area contributed by atoms with Gasteiger partial charge in [0.1, 0.15) is 41.4 Å². The largest absolute Gasteiger partial charge is 0.508 e. The minimum absolute atomic E-state index is 0.0133. The van der Waals surface area contributed by atoms with Crippen molar-refractivity contribution in [3.8, 4) is 28.7 Å². The Bertz CT molecular complexity index is 3310. The molecule has 78 heavy (non-hydrogen) atoms. The molecule has 5 aliphatic rings. The summed E-state index contributed by atoms with van der Waals surface area (Å²) in [5.41, 5.74) is -1.02. The Balaban J connectivity index is 1.21. The molecule has 5 aliphatic heterocycles. The molecule has 3 aromatic carbocycles. The summed E-state index contributed by atoms with van der Waals surface area (Å²) in [6, 6.07) is 0.378. The van der Waals surface area contributed by atoms with E-state index < -0.39 is 117 Å². The first kappa shape index (κ1) is 56.6. The van der Waals surface area contributed by atoms with Crippen LogP contribution in [0.1, 0.15) is 95.4 Å². The van der Waals surface area contributed by atoms with Gasteiger partial charge in [-0.3, -0.25) is 24.2 Å². The van der Waals surface area contributed by atoms with E-state index >= 15 is 4.39 Å². The van der Waals surface area contributed by atoms with Crippen LogP contribution in [0.25, 0.3) is 27.4 Å². The van der Waals surface area contributed by atoms with Crippen LogP contribution in [0, 0.1) is 36.4 Å². The third-order valence-corrected chi connectivity index (χ3v) is 15.7. The Kier molecular flexibility index (Phi) is 15.7. The number of nitrogens with one attached hydrogen (secondary N) is 1. The highest BCUT2D eigenvalue weighted by atomic mass is 19.1.